The van der Waals surface area contributed by atoms with Crippen molar-refractivity contribution in [3.63, 3.8) is 0 Å². The summed E-state index contributed by atoms with van der Waals surface area (Å²) in [7, 11) is 0. The molecule has 0 saturated heterocycles. The molecule has 1 rings (SSSR count). The van der Waals surface area contributed by atoms with Crippen molar-refractivity contribution < 1.29 is 0 Å². The van der Waals surface area contributed by atoms with E-state index in [2.05, 4.69) is 19.2 Å². The minimum atomic E-state index is 0.472. The van der Waals surface area contributed by atoms with E-state index in [0.29, 0.717) is 11.5 Å². The van der Waals surface area contributed by atoms with E-state index in [0.717, 1.165) is 13.1 Å². The first kappa shape index (κ1) is 12.0. The van der Waals surface area contributed by atoms with Crippen molar-refractivity contribution >= 4 is 0 Å². The maximum Gasteiger partial charge on any atom is 0.00103 e. The van der Waals surface area contributed by atoms with Crippen LogP contribution in [0.5, 0.6) is 0 Å². The minimum Gasteiger partial charge on any atom is -0.330 e. The first-order chi connectivity index (χ1) is 6.68. The summed E-state index contributed by atoms with van der Waals surface area (Å²) in [6.45, 7) is 6.42. The Morgan fingerprint density at radius 3 is 2.36 bits per heavy atom. The molecule has 1 aliphatic carbocycles. The molecule has 0 aliphatic heterocycles. The van der Waals surface area contributed by atoms with Crippen LogP contribution in [0.3, 0.4) is 0 Å². The molecule has 2 nitrogen and oxygen atoms in total. The van der Waals surface area contributed by atoms with Crippen LogP contribution in [-0.4, -0.2) is 19.1 Å². The molecule has 0 aromatic heterocycles. The van der Waals surface area contributed by atoms with Gasteiger partial charge in [-0.05, 0) is 37.8 Å². The summed E-state index contributed by atoms with van der Waals surface area (Å²) in [6.07, 6.45) is 8.16. The lowest BCUT2D eigenvalue weighted by Gasteiger charge is -2.36. The molecule has 0 unspecified atom stereocenters. The van der Waals surface area contributed by atoms with Crippen LogP contribution >= 0.6 is 0 Å². The topological polar surface area (TPSA) is 38.0 Å². The Kier molecular flexibility index (Phi) is 4.90. The molecule has 0 radical (unpaired) electrons. The van der Waals surface area contributed by atoms with E-state index in [1.165, 1.54) is 38.5 Å². The zero-order chi connectivity index (χ0) is 10.4. The van der Waals surface area contributed by atoms with Gasteiger partial charge in [-0.1, -0.05) is 33.1 Å². The molecular weight excluding hydrogens is 172 g/mol. The summed E-state index contributed by atoms with van der Waals surface area (Å²) < 4.78 is 0. The van der Waals surface area contributed by atoms with Crippen molar-refractivity contribution in [2.24, 2.45) is 11.1 Å². The Morgan fingerprint density at radius 1 is 1.21 bits per heavy atom. The lowest BCUT2D eigenvalue weighted by molar-refractivity contribution is 0.180. The Balaban J connectivity index is 2.29. The second-order valence-corrected chi connectivity index (χ2v) is 5.12. The molecule has 0 bridgehead atoms. The van der Waals surface area contributed by atoms with Gasteiger partial charge in [0.15, 0.2) is 0 Å². The highest BCUT2D eigenvalue weighted by molar-refractivity contribution is 4.84. The predicted molar refractivity (Wildman–Crippen MR) is 62.3 cm³/mol. The largest absolute Gasteiger partial charge is 0.330 e. The summed E-state index contributed by atoms with van der Waals surface area (Å²) in [5.74, 6) is 0. The monoisotopic (exact) mass is 198 g/mol. The molecule has 14 heavy (non-hydrogen) atoms. The van der Waals surface area contributed by atoms with Crippen LogP contribution in [0.4, 0.5) is 0 Å². The molecule has 1 aliphatic rings. The van der Waals surface area contributed by atoms with Gasteiger partial charge in [0, 0.05) is 6.04 Å². The van der Waals surface area contributed by atoms with E-state index >= 15 is 0 Å². The molecule has 0 heterocycles. The molecule has 0 aromatic rings. The van der Waals surface area contributed by atoms with E-state index in [4.69, 9.17) is 5.73 Å². The molecule has 0 atom stereocenters. The van der Waals surface area contributed by atoms with Gasteiger partial charge in [0.1, 0.15) is 0 Å². The van der Waals surface area contributed by atoms with Crippen LogP contribution in [0.25, 0.3) is 0 Å². The zero-order valence-electron chi connectivity index (χ0n) is 9.81. The van der Waals surface area contributed by atoms with Crippen molar-refractivity contribution in [1.82, 2.24) is 5.32 Å². The Morgan fingerprint density at radius 2 is 1.86 bits per heavy atom. The van der Waals surface area contributed by atoms with E-state index < -0.39 is 0 Å². The zero-order valence-corrected chi connectivity index (χ0v) is 9.81. The van der Waals surface area contributed by atoms with Crippen LogP contribution in [-0.2, 0) is 0 Å². The molecule has 0 spiro atoms. The average Bonchev–Trinajstić information content (AvgIpc) is 2.19. The minimum absolute atomic E-state index is 0.472. The van der Waals surface area contributed by atoms with Gasteiger partial charge < -0.3 is 11.1 Å². The smallest absolute Gasteiger partial charge is 0.00103 e. The first-order valence-electron chi connectivity index (χ1n) is 6.12. The number of hydrogen-bond donors (Lipinski definition) is 2. The van der Waals surface area contributed by atoms with Gasteiger partial charge >= 0.3 is 0 Å². The SMILES string of the molecule is CC(C)NCCC1(CN)CCCCC1. The first-order valence-corrected chi connectivity index (χ1v) is 6.12. The average molecular weight is 198 g/mol. The molecule has 2 heteroatoms. The van der Waals surface area contributed by atoms with E-state index in [9.17, 15) is 0 Å². The van der Waals surface area contributed by atoms with Crippen LogP contribution < -0.4 is 11.1 Å². The fourth-order valence-corrected chi connectivity index (χ4v) is 2.48. The second-order valence-electron chi connectivity index (χ2n) is 5.12. The lowest BCUT2D eigenvalue weighted by Crippen LogP contribution is -2.37. The van der Waals surface area contributed by atoms with Gasteiger partial charge in [-0.25, -0.2) is 0 Å². The summed E-state index contributed by atoms with van der Waals surface area (Å²) in [4.78, 5) is 0. The lowest BCUT2D eigenvalue weighted by atomic mass is 9.72. The molecule has 0 aromatic carbocycles. The third kappa shape index (κ3) is 3.58. The third-order valence-corrected chi connectivity index (χ3v) is 3.56. The standard InChI is InChI=1S/C12H26N2/c1-11(2)14-9-8-12(10-13)6-4-3-5-7-12/h11,14H,3-10,13H2,1-2H3. The Labute approximate surface area is 88.6 Å². The highest BCUT2D eigenvalue weighted by Gasteiger charge is 2.29. The molecule has 0 amide bonds. The van der Waals surface area contributed by atoms with Crippen LogP contribution in [0.1, 0.15) is 52.4 Å². The maximum absolute atomic E-state index is 5.93. The third-order valence-electron chi connectivity index (χ3n) is 3.56. The van der Waals surface area contributed by atoms with Crippen LogP contribution in [0, 0.1) is 5.41 Å². The van der Waals surface area contributed by atoms with Crippen molar-refractivity contribution in [3.05, 3.63) is 0 Å². The van der Waals surface area contributed by atoms with Crippen molar-refractivity contribution in [2.45, 2.75) is 58.4 Å². The normalized spacial score (nSPS) is 21.4. The van der Waals surface area contributed by atoms with E-state index in [1.54, 1.807) is 0 Å². The highest BCUT2D eigenvalue weighted by Crippen LogP contribution is 2.37. The quantitative estimate of drug-likeness (QED) is 0.711. The summed E-state index contributed by atoms with van der Waals surface area (Å²) in [5, 5.41) is 3.50. The van der Waals surface area contributed by atoms with Crippen molar-refractivity contribution in [2.75, 3.05) is 13.1 Å². The molecule has 1 fully saturated rings. The molecule has 3 N–H and O–H groups in total. The molecular formula is C12H26N2. The van der Waals surface area contributed by atoms with E-state index in [-0.39, 0.29) is 0 Å². The second kappa shape index (κ2) is 5.72. The number of rotatable bonds is 5. The predicted octanol–water partition coefficient (Wildman–Crippen LogP) is 2.28. The van der Waals surface area contributed by atoms with Gasteiger partial charge in [0.2, 0.25) is 0 Å². The Hall–Kier alpha value is -0.0800. The highest BCUT2D eigenvalue weighted by atomic mass is 14.9. The van der Waals surface area contributed by atoms with Gasteiger partial charge in [0.25, 0.3) is 0 Å². The van der Waals surface area contributed by atoms with Crippen LogP contribution in [0.2, 0.25) is 0 Å². The molecule has 1 saturated carbocycles. The maximum atomic E-state index is 5.93. The molecule has 84 valence electrons. The fraction of sp³-hybridized carbons (Fsp3) is 1.00. The summed E-state index contributed by atoms with van der Waals surface area (Å²) in [6, 6.07) is 0.605. The van der Waals surface area contributed by atoms with Gasteiger partial charge in [-0.2, -0.15) is 0 Å². The van der Waals surface area contributed by atoms with Gasteiger partial charge in [0.05, 0.1) is 0 Å². The number of nitrogens with two attached hydrogens (primary N) is 1. The van der Waals surface area contributed by atoms with Gasteiger partial charge in [-0.15, -0.1) is 0 Å². The fourth-order valence-electron chi connectivity index (χ4n) is 2.48. The van der Waals surface area contributed by atoms with Crippen LogP contribution in [0.15, 0.2) is 0 Å². The van der Waals surface area contributed by atoms with Crippen molar-refractivity contribution in [3.8, 4) is 0 Å². The Bertz CT molecular complexity index is 148. The summed E-state index contributed by atoms with van der Waals surface area (Å²) >= 11 is 0. The number of nitrogens with one attached hydrogen (secondary N) is 1. The van der Waals surface area contributed by atoms with Crippen molar-refractivity contribution in [1.29, 1.82) is 0 Å². The summed E-state index contributed by atoms with van der Waals surface area (Å²) in [5.41, 5.74) is 6.40. The van der Waals surface area contributed by atoms with Gasteiger partial charge in [-0.3, -0.25) is 0 Å². The van der Waals surface area contributed by atoms with E-state index in [1.807, 2.05) is 0 Å². The number of hydrogen-bond acceptors (Lipinski definition) is 2.